The highest BCUT2D eigenvalue weighted by molar-refractivity contribution is 6.31. The lowest BCUT2D eigenvalue weighted by molar-refractivity contribution is 0.457. The van der Waals surface area contributed by atoms with Crippen LogP contribution in [0.25, 0.3) is 11.2 Å². The lowest BCUT2D eigenvalue weighted by Gasteiger charge is -2.34. The average Bonchev–Trinajstić information content (AvgIpc) is 3.02. The summed E-state index contributed by atoms with van der Waals surface area (Å²) in [6, 6.07) is 5.78. The zero-order valence-electron chi connectivity index (χ0n) is 15.9. The SMILES string of the molecule is CCn1c(=O)c2c(nc3n2C[C@H](C)CN3c2cccc(Cl)c2C)n(C)c1=O. The molecule has 0 unspecified atom stereocenters. The number of aromatic nitrogens is 4. The standard InChI is InChI=1S/C19H22ClN5O2/c1-5-23-17(26)15-16(22(4)19(23)27)21-18-24(9-11(2)10-25(15)18)14-8-6-7-13(20)12(14)3/h6-8,11H,5,9-10H2,1-4H3/t11-/m1/s1. The number of imidazole rings is 1. The third kappa shape index (κ3) is 2.52. The van der Waals surface area contributed by atoms with Gasteiger partial charge in [0.25, 0.3) is 5.56 Å². The highest BCUT2D eigenvalue weighted by Gasteiger charge is 2.30. The highest BCUT2D eigenvalue weighted by Crippen LogP contribution is 2.36. The zero-order chi connectivity index (χ0) is 19.5. The third-order valence-electron chi connectivity index (χ3n) is 5.29. The second-order valence-corrected chi connectivity index (χ2v) is 7.59. The molecule has 0 amide bonds. The van der Waals surface area contributed by atoms with Crippen molar-refractivity contribution >= 4 is 34.4 Å². The molecule has 1 atom stereocenters. The molecular weight excluding hydrogens is 366 g/mol. The summed E-state index contributed by atoms with van der Waals surface area (Å²) in [6.45, 7) is 7.69. The van der Waals surface area contributed by atoms with Crippen LogP contribution >= 0.6 is 11.6 Å². The van der Waals surface area contributed by atoms with E-state index in [-0.39, 0.29) is 11.2 Å². The summed E-state index contributed by atoms with van der Waals surface area (Å²) in [4.78, 5) is 32.3. The Morgan fingerprint density at radius 1 is 1.26 bits per heavy atom. The Morgan fingerprint density at radius 2 is 2.00 bits per heavy atom. The number of rotatable bonds is 2. The van der Waals surface area contributed by atoms with Crippen molar-refractivity contribution in [1.82, 2.24) is 18.7 Å². The van der Waals surface area contributed by atoms with Crippen LogP contribution in [-0.2, 0) is 20.1 Å². The Kier molecular flexibility index (Phi) is 4.14. The maximum atomic E-state index is 13.0. The number of anilines is 2. The second kappa shape index (κ2) is 6.27. The van der Waals surface area contributed by atoms with Crippen LogP contribution in [0.15, 0.2) is 27.8 Å². The molecule has 8 heteroatoms. The van der Waals surface area contributed by atoms with Gasteiger partial charge in [-0.05, 0) is 37.5 Å². The minimum Gasteiger partial charge on any atom is -0.311 e. The summed E-state index contributed by atoms with van der Waals surface area (Å²) < 4.78 is 4.66. The molecule has 0 N–H and O–H groups in total. The first-order chi connectivity index (χ1) is 12.8. The van der Waals surface area contributed by atoms with Crippen LogP contribution in [0.1, 0.15) is 19.4 Å². The lowest BCUT2D eigenvalue weighted by atomic mass is 10.1. The summed E-state index contributed by atoms with van der Waals surface area (Å²) in [7, 11) is 1.66. The Morgan fingerprint density at radius 3 is 2.70 bits per heavy atom. The van der Waals surface area contributed by atoms with E-state index in [2.05, 4.69) is 11.8 Å². The van der Waals surface area contributed by atoms with Crippen LogP contribution in [-0.4, -0.2) is 25.2 Å². The van der Waals surface area contributed by atoms with Gasteiger partial charge in [0.1, 0.15) is 0 Å². The van der Waals surface area contributed by atoms with Gasteiger partial charge in [-0.3, -0.25) is 13.9 Å². The van der Waals surface area contributed by atoms with Crippen LogP contribution in [0.2, 0.25) is 5.02 Å². The molecule has 7 nitrogen and oxygen atoms in total. The van der Waals surface area contributed by atoms with Crippen LogP contribution < -0.4 is 16.1 Å². The van der Waals surface area contributed by atoms with Crippen molar-refractivity contribution in [2.24, 2.45) is 13.0 Å². The Bertz CT molecular complexity index is 1170. The minimum absolute atomic E-state index is 0.286. The van der Waals surface area contributed by atoms with Gasteiger partial charge in [-0.25, -0.2) is 4.79 Å². The molecule has 142 valence electrons. The van der Waals surface area contributed by atoms with Crippen LogP contribution in [0, 0.1) is 12.8 Å². The van der Waals surface area contributed by atoms with E-state index in [9.17, 15) is 9.59 Å². The van der Waals surface area contributed by atoms with E-state index < -0.39 is 0 Å². The fourth-order valence-corrected chi connectivity index (χ4v) is 4.04. The molecule has 3 heterocycles. The fraction of sp³-hybridized carbons (Fsp3) is 0.421. The maximum Gasteiger partial charge on any atom is 0.332 e. The quantitative estimate of drug-likeness (QED) is 0.678. The molecule has 0 saturated carbocycles. The van der Waals surface area contributed by atoms with Gasteiger partial charge in [0.2, 0.25) is 5.95 Å². The molecular formula is C19H22ClN5O2. The van der Waals surface area contributed by atoms with E-state index in [4.69, 9.17) is 16.6 Å². The summed E-state index contributed by atoms with van der Waals surface area (Å²) in [5.74, 6) is 0.981. The average molecular weight is 388 g/mol. The van der Waals surface area contributed by atoms with E-state index in [0.717, 1.165) is 17.8 Å². The molecule has 1 aliphatic heterocycles. The first-order valence-corrected chi connectivity index (χ1v) is 9.45. The fourth-order valence-electron chi connectivity index (χ4n) is 3.88. The highest BCUT2D eigenvalue weighted by atomic mass is 35.5. The molecule has 3 aromatic rings. The maximum absolute atomic E-state index is 13.0. The summed E-state index contributed by atoms with van der Waals surface area (Å²) in [5.41, 5.74) is 2.20. The third-order valence-corrected chi connectivity index (χ3v) is 5.70. The number of nitrogens with zero attached hydrogens (tertiary/aromatic N) is 5. The Labute approximate surface area is 161 Å². The molecule has 1 aliphatic rings. The number of benzene rings is 1. The molecule has 4 rings (SSSR count). The molecule has 0 fully saturated rings. The molecule has 0 aliphatic carbocycles. The van der Waals surface area contributed by atoms with E-state index in [1.165, 1.54) is 9.13 Å². The molecule has 1 aromatic carbocycles. The Balaban J connectivity index is 2.06. The first-order valence-electron chi connectivity index (χ1n) is 9.07. The van der Waals surface area contributed by atoms with Gasteiger partial charge < -0.3 is 9.47 Å². The van der Waals surface area contributed by atoms with Crippen molar-refractivity contribution < 1.29 is 0 Å². The van der Waals surface area contributed by atoms with Crippen LogP contribution in [0.3, 0.4) is 0 Å². The number of hydrogen-bond donors (Lipinski definition) is 0. The molecule has 0 bridgehead atoms. The molecule has 0 saturated heterocycles. The van der Waals surface area contributed by atoms with Gasteiger partial charge in [0.05, 0.1) is 0 Å². The number of halogens is 1. The van der Waals surface area contributed by atoms with Crippen molar-refractivity contribution in [3.05, 3.63) is 49.6 Å². The first kappa shape index (κ1) is 17.9. The minimum atomic E-state index is -0.344. The van der Waals surface area contributed by atoms with Crippen molar-refractivity contribution in [3.8, 4) is 0 Å². The summed E-state index contributed by atoms with van der Waals surface area (Å²) in [5, 5.41) is 0.689. The number of aryl methyl sites for hydroxylation is 1. The topological polar surface area (TPSA) is 65.1 Å². The molecule has 0 spiro atoms. The van der Waals surface area contributed by atoms with E-state index in [0.29, 0.717) is 41.1 Å². The predicted molar refractivity (Wildman–Crippen MR) is 107 cm³/mol. The van der Waals surface area contributed by atoms with Crippen molar-refractivity contribution in [2.75, 3.05) is 11.4 Å². The van der Waals surface area contributed by atoms with Crippen LogP contribution in [0.5, 0.6) is 0 Å². The normalized spacial score (nSPS) is 16.8. The van der Waals surface area contributed by atoms with Crippen molar-refractivity contribution in [3.63, 3.8) is 0 Å². The van der Waals surface area contributed by atoms with E-state index >= 15 is 0 Å². The van der Waals surface area contributed by atoms with Gasteiger partial charge in [-0.2, -0.15) is 4.98 Å². The Hall–Kier alpha value is -2.54. The van der Waals surface area contributed by atoms with Crippen molar-refractivity contribution in [1.29, 1.82) is 0 Å². The molecule has 0 radical (unpaired) electrons. The van der Waals surface area contributed by atoms with E-state index in [1.54, 1.807) is 14.0 Å². The van der Waals surface area contributed by atoms with Gasteiger partial charge in [0, 0.05) is 37.4 Å². The van der Waals surface area contributed by atoms with E-state index in [1.807, 2.05) is 29.7 Å². The lowest BCUT2D eigenvalue weighted by Crippen LogP contribution is -2.40. The smallest absolute Gasteiger partial charge is 0.311 e. The molecule has 27 heavy (non-hydrogen) atoms. The van der Waals surface area contributed by atoms with Crippen LogP contribution in [0.4, 0.5) is 11.6 Å². The predicted octanol–water partition coefficient (Wildman–Crippen LogP) is 2.67. The molecule has 2 aromatic heterocycles. The second-order valence-electron chi connectivity index (χ2n) is 7.19. The monoisotopic (exact) mass is 387 g/mol. The van der Waals surface area contributed by atoms with Gasteiger partial charge >= 0.3 is 5.69 Å². The number of fused-ring (bicyclic) bond motifs is 3. The summed E-state index contributed by atoms with van der Waals surface area (Å²) in [6.07, 6.45) is 0. The largest absolute Gasteiger partial charge is 0.332 e. The van der Waals surface area contributed by atoms with Crippen molar-refractivity contribution in [2.45, 2.75) is 33.9 Å². The zero-order valence-corrected chi connectivity index (χ0v) is 16.6. The van der Waals surface area contributed by atoms with Gasteiger partial charge in [-0.15, -0.1) is 0 Å². The van der Waals surface area contributed by atoms with Gasteiger partial charge in [-0.1, -0.05) is 24.6 Å². The summed E-state index contributed by atoms with van der Waals surface area (Å²) >= 11 is 6.33. The number of hydrogen-bond acceptors (Lipinski definition) is 4. The van der Waals surface area contributed by atoms with Gasteiger partial charge in [0.15, 0.2) is 11.2 Å².